The summed E-state index contributed by atoms with van der Waals surface area (Å²) in [5, 5.41) is 2.69. The van der Waals surface area contributed by atoms with Gasteiger partial charge in [-0.25, -0.2) is 8.42 Å². The Hall–Kier alpha value is -2.34. The van der Waals surface area contributed by atoms with Crippen LogP contribution in [0.1, 0.15) is 25.3 Å². The lowest BCUT2D eigenvalue weighted by Gasteiger charge is -2.24. The summed E-state index contributed by atoms with van der Waals surface area (Å²) in [6.07, 6.45) is 1.72. The van der Waals surface area contributed by atoms with E-state index in [1.165, 1.54) is 11.2 Å². The third-order valence-corrected chi connectivity index (χ3v) is 5.79. The van der Waals surface area contributed by atoms with Crippen molar-refractivity contribution in [3.8, 4) is 0 Å². The summed E-state index contributed by atoms with van der Waals surface area (Å²) in [6.45, 7) is 3.36. The SMILES string of the molecule is CC(=O)Nc1ccc(N(C2CC2)S(=O)(=O)c2ccc(C)cc2)cc1. The van der Waals surface area contributed by atoms with Crippen LogP contribution in [-0.4, -0.2) is 20.4 Å². The summed E-state index contributed by atoms with van der Waals surface area (Å²) in [6, 6.07) is 13.8. The van der Waals surface area contributed by atoms with Crippen LogP contribution in [0, 0.1) is 6.92 Å². The summed E-state index contributed by atoms with van der Waals surface area (Å²) >= 11 is 0. The number of hydrogen-bond acceptors (Lipinski definition) is 3. The predicted octanol–water partition coefficient (Wildman–Crippen LogP) is 3.31. The van der Waals surface area contributed by atoms with E-state index in [1.807, 2.05) is 6.92 Å². The molecule has 1 fully saturated rings. The molecular formula is C18H20N2O3S. The van der Waals surface area contributed by atoms with Gasteiger partial charge in [-0.2, -0.15) is 0 Å². The molecule has 0 heterocycles. The summed E-state index contributed by atoms with van der Waals surface area (Å²) in [4.78, 5) is 11.4. The van der Waals surface area contributed by atoms with Gasteiger partial charge in [0.05, 0.1) is 10.6 Å². The second kappa shape index (κ2) is 6.28. The van der Waals surface area contributed by atoms with Gasteiger partial charge in [0.2, 0.25) is 5.91 Å². The number of hydrogen-bond donors (Lipinski definition) is 1. The quantitative estimate of drug-likeness (QED) is 0.905. The first-order valence-electron chi connectivity index (χ1n) is 7.87. The minimum atomic E-state index is -3.60. The highest BCUT2D eigenvalue weighted by atomic mass is 32.2. The largest absolute Gasteiger partial charge is 0.326 e. The molecule has 0 aromatic heterocycles. The molecule has 1 aliphatic rings. The molecule has 3 rings (SSSR count). The van der Waals surface area contributed by atoms with Crippen molar-refractivity contribution in [2.45, 2.75) is 37.6 Å². The average Bonchev–Trinajstić information content (AvgIpc) is 3.33. The molecule has 2 aromatic carbocycles. The van der Waals surface area contributed by atoms with Crippen molar-refractivity contribution >= 4 is 27.3 Å². The van der Waals surface area contributed by atoms with E-state index in [9.17, 15) is 13.2 Å². The summed E-state index contributed by atoms with van der Waals surface area (Å²) in [7, 11) is -3.60. The molecule has 0 unspecified atom stereocenters. The fraction of sp³-hybridized carbons (Fsp3) is 0.278. The number of carbonyl (C=O) groups is 1. The van der Waals surface area contributed by atoms with Gasteiger partial charge in [0.15, 0.2) is 0 Å². The Balaban J connectivity index is 1.95. The zero-order valence-corrected chi connectivity index (χ0v) is 14.5. The van der Waals surface area contributed by atoms with Gasteiger partial charge < -0.3 is 5.32 Å². The molecule has 6 heteroatoms. The standard InChI is InChI=1S/C18H20N2O3S/c1-13-3-11-18(12-4-13)24(22,23)20(17-9-10-17)16-7-5-15(6-8-16)19-14(2)21/h3-8,11-12,17H,9-10H2,1-2H3,(H,19,21). The van der Waals surface area contributed by atoms with Gasteiger partial charge in [0, 0.05) is 18.7 Å². The molecule has 0 bridgehead atoms. The lowest BCUT2D eigenvalue weighted by Crippen LogP contribution is -2.33. The smallest absolute Gasteiger partial charge is 0.264 e. The summed E-state index contributed by atoms with van der Waals surface area (Å²) in [5.41, 5.74) is 2.29. The van der Waals surface area contributed by atoms with Crippen molar-refractivity contribution in [1.29, 1.82) is 0 Å². The van der Waals surface area contributed by atoms with Crippen LogP contribution in [0.15, 0.2) is 53.4 Å². The average molecular weight is 344 g/mol. The van der Waals surface area contributed by atoms with E-state index in [0.717, 1.165) is 18.4 Å². The fourth-order valence-corrected chi connectivity index (χ4v) is 4.28. The van der Waals surface area contributed by atoms with Crippen LogP contribution in [0.25, 0.3) is 0 Å². The predicted molar refractivity (Wildman–Crippen MR) is 94.6 cm³/mol. The number of sulfonamides is 1. The molecule has 0 saturated heterocycles. The Kier molecular flexibility index (Phi) is 4.32. The third-order valence-electron chi connectivity index (χ3n) is 3.90. The van der Waals surface area contributed by atoms with Gasteiger partial charge >= 0.3 is 0 Å². The highest BCUT2D eigenvalue weighted by Crippen LogP contribution is 2.37. The Morgan fingerprint density at radius 1 is 1.04 bits per heavy atom. The minimum Gasteiger partial charge on any atom is -0.326 e. The molecule has 1 amide bonds. The zero-order chi connectivity index (χ0) is 17.3. The molecule has 1 aliphatic carbocycles. The maximum atomic E-state index is 13.0. The monoisotopic (exact) mass is 344 g/mol. The van der Waals surface area contributed by atoms with E-state index in [-0.39, 0.29) is 11.9 Å². The third kappa shape index (κ3) is 3.43. The van der Waals surface area contributed by atoms with Crippen molar-refractivity contribution in [2.75, 3.05) is 9.62 Å². The van der Waals surface area contributed by atoms with Crippen LogP contribution in [-0.2, 0) is 14.8 Å². The van der Waals surface area contributed by atoms with Gasteiger partial charge in [-0.3, -0.25) is 9.10 Å². The minimum absolute atomic E-state index is 0.00270. The Morgan fingerprint density at radius 2 is 1.62 bits per heavy atom. The van der Waals surface area contributed by atoms with Gasteiger partial charge in [-0.15, -0.1) is 0 Å². The Bertz CT molecular complexity index is 839. The van der Waals surface area contributed by atoms with Gasteiger partial charge in [0.25, 0.3) is 10.0 Å². The molecule has 5 nitrogen and oxygen atoms in total. The molecule has 1 N–H and O–H groups in total. The van der Waals surface area contributed by atoms with Crippen LogP contribution in [0.3, 0.4) is 0 Å². The van der Waals surface area contributed by atoms with Crippen LogP contribution in [0.4, 0.5) is 11.4 Å². The highest BCUT2D eigenvalue weighted by molar-refractivity contribution is 7.92. The van der Waals surface area contributed by atoms with E-state index < -0.39 is 10.0 Å². The molecule has 2 aromatic rings. The highest BCUT2D eigenvalue weighted by Gasteiger charge is 2.38. The normalized spacial score (nSPS) is 14.2. The molecule has 1 saturated carbocycles. The molecule has 126 valence electrons. The van der Waals surface area contributed by atoms with E-state index in [4.69, 9.17) is 0 Å². The van der Waals surface area contributed by atoms with Crippen LogP contribution >= 0.6 is 0 Å². The van der Waals surface area contributed by atoms with E-state index in [0.29, 0.717) is 16.3 Å². The van der Waals surface area contributed by atoms with E-state index in [1.54, 1.807) is 48.5 Å². The molecule has 0 spiro atoms. The zero-order valence-electron chi connectivity index (χ0n) is 13.7. The number of aryl methyl sites for hydroxylation is 1. The first-order chi connectivity index (χ1) is 11.4. The lowest BCUT2D eigenvalue weighted by molar-refractivity contribution is -0.114. The van der Waals surface area contributed by atoms with Crippen molar-refractivity contribution in [3.63, 3.8) is 0 Å². The van der Waals surface area contributed by atoms with Crippen LogP contribution < -0.4 is 9.62 Å². The van der Waals surface area contributed by atoms with E-state index in [2.05, 4.69) is 5.32 Å². The number of benzene rings is 2. The van der Waals surface area contributed by atoms with Gasteiger partial charge in [-0.05, 0) is 56.2 Å². The maximum absolute atomic E-state index is 13.0. The first kappa shape index (κ1) is 16.5. The van der Waals surface area contributed by atoms with Crippen molar-refractivity contribution in [3.05, 3.63) is 54.1 Å². The Labute approximate surface area is 142 Å². The maximum Gasteiger partial charge on any atom is 0.264 e. The number of amides is 1. The van der Waals surface area contributed by atoms with E-state index >= 15 is 0 Å². The van der Waals surface area contributed by atoms with Gasteiger partial charge in [-0.1, -0.05) is 17.7 Å². The Morgan fingerprint density at radius 3 is 2.12 bits per heavy atom. The number of nitrogens with one attached hydrogen (secondary N) is 1. The van der Waals surface area contributed by atoms with Crippen molar-refractivity contribution in [1.82, 2.24) is 0 Å². The molecule has 0 atom stereocenters. The number of anilines is 2. The second-order valence-electron chi connectivity index (χ2n) is 6.07. The van der Waals surface area contributed by atoms with Crippen molar-refractivity contribution in [2.24, 2.45) is 0 Å². The summed E-state index contributed by atoms with van der Waals surface area (Å²) in [5.74, 6) is -0.158. The van der Waals surface area contributed by atoms with Crippen LogP contribution in [0.5, 0.6) is 0 Å². The number of rotatable bonds is 5. The van der Waals surface area contributed by atoms with Crippen molar-refractivity contribution < 1.29 is 13.2 Å². The fourth-order valence-electron chi connectivity index (χ4n) is 2.57. The molecule has 0 aliphatic heterocycles. The molecular weight excluding hydrogens is 324 g/mol. The number of nitrogens with zero attached hydrogens (tertiary/aromatic N) is 1. The van der Waals surface area contributed by atoms with Crippen LogP contribution in [0.2, 0.25) is 0 Å². The van der Waals surface area contributed by atoms with Gasteiger partial charge in [0.1, 0.15) is 0 Å². The second-order valence-corrected chi connectivity index (χ2v) is 7.89. The lowest BCUT2D eigenvalue weighted by atomic mass is 10.2. The topological polar surface area (TPSA) is 66.5 Å². The molecule has 0 radical (unpaired) electrons. The first-order valence-corrected chi connectivity index (χ1v) is 9.31. The number of carbonyl (C=O) groups excluding carboxylic acids is 1. The summed E-state index contributed by atoms with van der Waals surface area (Å²) < 4.78 is 27.6. The molecule has 24 heavy (non-hydrogen) atoms.